The van der Waals surface area contributed by atoms with E-state index in [1.54, 1.807) is 34.1 Å². The summed E-state index contributed by atoms with van der Waals surface area (Å²) in [5.41, 5.74) is 1.16. The lowest BCUT2D eigenvalue weighted by molar-refractivity contribution is 0.0124. The molecular formula is C24H29ClN2O3. The zero-order valence-corrected chi connectivity index (χ0v) is 18.7. The van der Waals surface area contributed by atoms with Gasteiger partial charge in [0, 0.05) is 42.7 Å². The normalized spacial score (nSPS) is 19.3. The first-order valence-electron chi connectivity index (χ1n) is 10.2. The third kappa shape index (κ3) is 5.33. The van der Waals surface area contributed by atoms with Gasteiger partial charge < -0.3 is 14.5 Å². The molecule has 0 N–H and O–H groups in total. The maximum absolute atomic E-state index is 13.1. The summed E-state index contributed by atoms with van der Waals surface area (Å²) in [5, 5.41) is 0.599. The third-order valence-electron chi connectivity index (χ3n) is 5.36. The van der Waals surface area contributed by atoms with E-state index in [0.29, 0.717) is 30.1 Å². The zero-order valence-electron chi connectivity index (χ0n) is 18.0. The number of likely N-dealkylation sites (tertiary alicyclic amines) is 1. The molecule has 1 saturated heterocycles. The summed E-state index contributed by atoms with van der Waals surface area (Å²) in [6.45, 7) is 6.64. The fraction of sp³-hybridized carbons (Fsp3) is 0.417. The summed E-state index contributed by atoms with van der Waals surface area (Å²) >= 11 is 5.97. The van der Waals surface area contributed by atoms with E-state index < -0.39 is 5.60 Å². The van der Waals surface area contributed by atoms with Gasteiger partial charge in [-0.1, -0.05) is 41.9 Å². The lowest BCUT2D eigenvalue weighted by Gasteiger charge is -2.43. The van der Waals surface area contributed by atoms with E-state index in [9.17, 15) is 9.59 Å². The summed E-state index contributed by atoms with van der Waals surface area (Å²) in [4.78, 5) is 29.3. The molecule has 1 aliphatic heterocycles. The number of hydrogen-bond acceptors (Lipinski definition) is 3. The Bertz CT molecular complexity index is 878. The molecule has 1 aliphatic rings. The van der Waals surface area contributed by atoms with Crippen LogP contribution in [0.2, 0.25) is 5.02 Å². The summed E-state index contributed by atoms with van der Waals surface area (Å²) < 4.78 is 5.58. The molecule has 30 heavy (non-hydrogen) atoms. The standard InChI is InChI=1S/C24H29ClN2O3/c1-24(2,3)30-23(29)27-15-14-21(20(16-27)17-8-6-5-7-9-17)26(4)22(28)18-10-12-19(25)13-11-18/h5-13,20-21H,14-16H2,1-4H3/t20-,21+/m0/s1. The molecule has 0 aliphatic carbocycles. The molecule has 5 nitrogen and oxygen atoms in total. The first-order chi connectivity index (χ1) is 14.2. The van der Waals surface area contributed by atoms with Crippen molar-refractivity contribution in [1.29, 1.82) is 0 Å². The minimum atomic E-state index is -0.544. The van der Waals surface area contributed by atoms with E-state index in [1.165, 1.54) is 0 Å². The van der Waals surface area contributed by atoms with Crippen molar-refractivity contribution < 1.29 is 14.3 Å². The number of amides is 2. The minimum Gasteiger partial charge on any atom is -0.444 e. The number of rotatable bonds is 3. The van der Waals surface area contributed by atoms with Crippen LogP contribution in [0, 0.1) is 0 Å². The van der Waals surface area contributed by atoms with Crippen LogP contribution in [0.1, 0.15) is 49.0 Å². The molecule has 160 valence electrons. The Morgan fingerprint density at radius 2 is 1.70 bits per heavy atom. The largest absolute Gasteiger partial charge is 0.444 e. The van der Waals surface area contributed by atoms with Crippen LogP contribution in [0.5, 0.6) is 0 Å². The van der Waals surface area contributed by atoms with Crippen molar-refractivity contribution in [1.82, 2.24) is 9.80 Å². The number of carbonyl (C=O) groups is 2. The van der Waals surface area contributed by atoms with Crippen molar-refractivity contribution in [3.05, 3.63) is 70.7 Å². The van der Waals surface area contributed by atoms with Gasteiger partial charge in [-0.05, 0) is 57.0 Å². The number of likely N-dealkylation sites (N-methyl/N-ethyl adjacent to an activating group) is 1. The van der Waals surface area contributed by atoms with Crippen molar-refractivity contribution in [3.63, 3.8) is 0 Å². The van der Waals surface area contributed by atoms with Gasteiger partial charge >= 0.3 is 6.09 Å². The van der Waals surface area contributed by atoms with Gasteiger partial charge in [0.05, 0.1) is 0 Å². The fourth-order valence-corrected chi connectivity index (χ4v) is 4.00. The molecule has 0 bridgehead atoms. The van der Waals surface area contributed by atoms with E-state index in [4.69, 9.17) is 16.3 Å². The SMILES string of the molecule is CN(C(=O)c1ccc(Cl)cc1)[C@@H]1CCN(C(=O)OC(C)(C)C)C[C@H]1c1ccccc1. The Kier molecular flexibility index (Phi) is 6.71. The van der Waals surface area contributed by atoms with Crippen LogP contribution >= 0.6 is 11.6 Å². The summed E-state index contributed by atoms with van der Waals surface area (Å²) in [5.74, 6) is -0.0583. The van der Waals surface area contributed by atoms with E-state index in [-0.39, 0.29) is 24.0 Å². The van der Waals surface area contributed by atoms with Crippen LogP contribution in [0.3, 0.4) is 0 Å². The van der Waals surface area contributed by atoms with Crippen LogP contribution < -0.4 is 0 Å². The lowest BCUT2D eigenvalue weighted by atomic mass is 9.85. The zero-order chi connectivity index (χ0) is 21.9. The van der Waals surface area contributed by atoms with Crippen molar-refractivity contribution in [3.8, 4) is 0 Å². The van der Waals surface area contributed by atoms with Gasteiger partial charge in [-0.2, -0.15) is 0 Å². The fourth-order valence-electron chi connectivity index (χ4n) is 3.87. The van der Waals surface area contributed by atoms with Crippen molar-refractivity contribution in [2.24, 2.45) is 0 Å². The maximum Gasteiger partial charge on any atom is 0.410 e. The number of ether oxygens (including phenoxy) is 1. The van der Waals surface area contributed by atoms with Crippen molar-refractivity contribution in [2.75, 3.05) is 20.1 Å². The van der Waals surface area contributed by atoms with Gasteiger partial charge in [0.1, 0.15) is 5.60 Å². The second kappa shape index (κ2) is 9.09. The Morgan fingerprint density at radius 3 is 2.30 bits per heavy atom. The Hall–Kier alpha value is -2.53. The Balaban J connectivity index is 1.83. The van der Waals surface area contributed by atoms with E-state index in [0.717, 1.165) is 5.56 Å². The molecule has 0 aromatic heterocycles. The van der Waals surface area contributed by atoms with Crippen LogP contribution in [-0.2, 0) is 4.74 Å². The molecule has 2 amide bonds. The van der Waals surface area contributed by atoms with Crippen LogP contribution in [-0.4, -0.2) is 53.6 Å². The second-order valence-corrected chi connectivity index (χ2v) is 9.16. The highest BCUT2D eigenvalue weighted by Gasteiger charge is 2.37. The van der Waals surface area contributed by atoms with E-state index in [2.05, 4.69) is 12.1 Å². The molecule has 1 fully saturated rings. The predicted octanol–water partition coefficient (Wildman–Crippen LogP) is 5.21. The van der Waals surface area contributed by atoms with Gasteiger partial charge in [0.25, 0.3) is 5.91 Å². The first-order valence-corrected chi connectivity index (χ1v) is 10.6. The Morgan fingerprint density at radius 1 is 1.07 bits per heavy atom. The molecule has 0 radical (unpaired) electrons. The second-order valence-electron chi connectivity index (χ2n) is 8.72. The molecular weight excluding hydrogens is 400 g/mol. The molecule has 3 rings (SSSR count). The molecule has 2 atom stereocenters. The monoisotopic (exact) mass is 428 g/mol. The van der Waals surface area contributed by atoms with Crippen LogP contribution in [0.15, 0.2) is 54.6 Å². The average Bonchev–Trinajstić information content (AvgIpc) is 2.72. The molecule has 2 aromatic rings. The van der Waals surface area contributed by atoms with Crippen LogP contribution in [0.25, 0.3) is 0 Å². The average molecular weight is 429 g/mol. The molecule has 0 spiro atoms. The highest BCUT2D eigenvalue weighted by Crippen LogP contribution is 2.32. The molecule has 1 heterocycles. The van der Waals surface area contributed by atoms with Crippen molar-refractivity contribution in [2.45, 2.75) is 44.8 Å². The third-order valence-corrected chi connectivity index (χ3v) is 5.62. The summed E-state index contributed by atoms with van der Waals surface area (Å²) in [6, 6.07) is 16.9. The molecule has 0 saturated carbocycles. The number of hydrogen-bond donors (Lipinski definition) is 0. The van der Waals surface area contributed by atoms with Gasteiger partial charge in [0.2, 0.25) is 0 Å². The predicted molar refractivity (Wildman–Crippen MR) is 119 cm³/mol. The number of piperidine rings is 1. The first kappa shape index (κ1) is 22.2. The maximum atomic E-state index is 13.1. The highest BCUT2D eigenvalue weighted by molar-refractivity contribution is 6.30. The lowest BCUT2D eigenvalue weighted by Crippen LogP contribution is -2.52. The van der Waals surface area contributed by atoms with E-state index in [1.807, 2.05) is 46.0 Å². The Labute approximate surface area is 183 Å². The number of benzene rings is 2. The smallest absolute Gasteiger partial charge is 0.410 e. The minimum absolute atomic E-state index is 0.00582. The van der Waals surface area contributed by atoms with Gasteiger partial charge in [-0.25, -0.2) is 4.79 Å². The number of nitrogens with zero attached hydrogens (tertiary/aromatic N) is 2. The van der Waals surface area contributed by atoms with Gasteiger partial charge in [-0.3, -0.25) is 4.79 Å². The molecule has 0 unspecified atom stereocenters. The summed E-state index contributed by atoms with van der Waals surface area (Å²) in [6.07, 6.45) is 0.364. The molecule has 2 aromatic carbocycles. The van der Waals surface area contributed by atoms with Crippen LogP contribution in [0.4, 0.5) is 4.79 Å². The number of halogens is 1. The topological polar surface area (TPSA) is 49.9 Å². The van der Waals surface area contributed by atoms with Gasteiger partial charge in [0.15, 0.2) is 0 Å². The quantitative estimate of drug-likeness (QED) is 0.674. The van der Waals surface area contributed by atoms with Crippen molar-refractivity contribution >= 4 is 23.6 Å². The number of carbonyl (C=O) groups excluding carboxylic acids is 2. The van der Waals surface area contributed by atoms with E-state index >= 15 is 0 Å². The van der Waals surface area contributed by atoms with Gasteiger partial charge in [-0.15, -0.1) is 0 Å². The highest BCUT2D eigenvalue weighted by atomic mass is 35.5. The molecule has 6 heteroatoms. The summed E-state index contributed by atoms with van der Waals surface area (Å²) in [7, 11) is 1.83.